The van der Waals surface area contributed by atoms with E-state index < -0.39 is 0 Å². The van der Waals surface area contributed by atoms with Crippen LogP contribution in [0.15, 0.2) is 42.9 Å². The molecule has 3 N–H and O–H groups in total. The first-order valence-electron chi connectivity index (χ1n) is 11.7. The van der Waals surface area contributed by atoms with Crippen LogP contribution in [0.25, 0.3) is 16.9 Å². The zero-order valence-corrected chi connectivity index (χ0v) is 19.4. The van der Waals surface area contributed by atoms with Crippen molar-refractivity contribution in [2.75, 3.05) is 48.8 Å². The van der Waals surface area contributed by atoms with Crippen LogP contribution < -0.4 is 16.0 Å². The van der Waals surface area contributed by atoms with Gasteiger partial charge in [0.2, 0.25) is 5.95 Å². The minimum Gasteiger partial charge on any atom is -0.378 e. The van der Waals surface area contributed by atoms with Crippen LogP contribution in [0, 0.1) is 5.82 Å². The number of ether oxygens (including phenoxy) is 1. The molecular weight excluding hydrogens is 465 g/mol. The Morgan fingerprint density at radius 3 is 2.56 bits per heavy atom. The summed E-state index contributed by atoms with van der Waals surface area (Å²) >= 11 is 0. The smallest absolute Gasteiger partial charge is 0.322 e. The average molecular weight is 490 g/mol. The molecule has 3 aromatic heterocycles. The van der Waals surface area contributed by atoms with Gasteiger partial charge in [-0.3, -0.25) is 4.40 Å². The average Bonchev–Trinajstić information content (AvgIpc) is 3.28. The van der Waals surface area contributed by atoms with E-state index in [-0.39, 0.29) is 17.8 Å². The number of aromatic nitrogens is 5. The number of amides is 2. The first-order valence-corrected chi connectivity index (χ1v) is 11.7. The standard InChI is InChI=1S/C24H24FN9O2/c25-16-1-3-17(4-2-16)29-24(35)33-6-5-18-20(14-33)34-13-19(15-11-27-23(26)28-12-15)31-21(22(34)30-18)32-7-9-36-10-8-32/h1-4,11-13H,5-10,14H2,(H,29,35)(H2,26,27,28). The molecule has 36 heavy (non-hydrogen) atoms. The number of hydrogen-bond donors (Lipinski definition) is 2. The largest absolute Gasteiger partial charge is 0.378 e. The predicted molar refractivity (Wildman–Crippen MR) is 131 cm³/mol. The maximum absolute atomic E-state index is 13.2. The summed E-state index contributed by atoms with van der Waals surface area (Å²) in [5.41, 5.74) is 10.2. The number of carbonyl (C=O) groups is 1. The molecule has 6 rings (SSSR count). The Morgan fingerprint density at radius 1 is 1.06 bits per heavy atom. The first kappa shape index (κ1) is 22.2. The number of imidazole rings is 1. The molecule has 184 valence electrons. The number of carbonyl (C=O) groups excluding carboxylic acids is 1. The van der Waals surface area contributed by atoms with Crippen molar-refractivity contribution in [2.24, 2.45) is 0 Å². The van der Waals surface area contributed by atoms with E-state index in [9.17, 15) is 9.18 Å². The fraction of sp³-hybridized carbons (Fsp3) is 0.292. The summed E-state index contributed by atoms with van der Waals surface area (Å²) in [4.78, 5) is 35.0. The molecule has 0 spiro atoms. The summed E-state index contributed by atoms with van der Waals surface area (Å²) in [6, 6.07) is 5.46. The number of nitrogens with two attached hydrogens (primary N) is 1. The number of benzene rings is 1. The topological polar surface area (TPSA) is 127 Å². The number of nitrogens with zero attached hydrogens (tertiary/aromatic N) is 7. The molecule has 0 radical (unpaired) electrons. The number of anilines is 3. The SMILES string of the molecule is Nc1ncc(-c2cn3c4c(nc3c(N3CCOCC3)n2)CCN(C(=O)Nc2ccc(F)cc2)C4)cn1. The van der Waals surface area contributed by atoms with Crippen molar-refractivity contribution in [3.63, 3.8) is 0 Å². The third kappa shape index (κ3) is 4.15. The van der Waals surface area contributed by atoms with Crippen molar-refractivity contribution >= 4 is 29.1 Å². The van der Waals surface area contributed by atoms with Gasteiger partial charge in [-0.05, 0) is 24.3 Å². The maximum atomic E-state index is 13.2. The molecule has 4 aromatic rings. The van der Waals surface area contributed by atoms with Crippen LogP contribution in [0.5, 0.6) is 0 Å². The third-order valence-electron chi connectivity index (χ3n) is 6.39. The number of halogens is 1. The highest BCUT2D eigenvalue weighted by Gasteiger charge is 2.28. The van der Waals surface area contributed by atoms with E-state index in [1.165, 1.54) is 24.3 Å². The molecule has 0 saturated carbocycles. The van der Waals surface area contributed by atoms with Crippen LogP contribution in [0.4, 0.5) is 26.6 Å². The monoisotopic (exact) mass is 489 g/mol. The molecule has 11 nitrogen and oxygen atoms in total. The van der Waals surface area contributed by atoms with Crippen molar-refractivity contribution < 1.29 is 13.9 Å². The maximum Gasteiger partial charge on any atom is 0.322 e. The quantitative estimate of drug-likeness (QED) is 0.449. The van der Waals surface area contributed by atoms with E-state index in [1.807, 2.05) is 10.6 Å². The third-order valence-corrected chi connectivity index (χ3v) is 6.39. The van der Waals surface area contributed by atoms with Gasteiger partial charge in [-0.1, -0.05) is 0 Å². The van der Waals surface area contributed by atoms with Crippen LogP contribution in [0.1, 0.15) is 11.4 Å². The summed E-state index contributed by atoms with van der Waals surface area (Å²) in [6.45, 7) is 3.51. The van der Waals surface area contributed by atoms with E-state index in [0.29, 0.717) is 57.2 Å². The molecule has 5 heterocycles. The molecule has 0 aliphatic carbocycles. The Bertz CT molecular complexity index is 1420. The van der Waals surface area contributed by atoms with Crippen molar-refractivity contribution in [3.8, 4) is 11.3 Å². The fourth-order valence-corrected chi connectivity index (χ4v) is 4.50. The molecule has 0 unspecified atom stereocenters. The molecule has 2 aliphatic heterocycles. The summed E-state index contributed by atoms with van der Waals surface area (Å²) in [6.07, 6.45) is 5.80. The molecule has 1 aromatic carbocycles. The molecule has 1 fully saturated rings. The zero-order chi connectivity index (χ0) is 24.6. The number of rotatable bonds is 3. The second kappa shape index (κ2) is 9.04. The van der Waals surface area contributed by atoms with E-state index in [4.69, 9.17) is 20.4 Å². The normalized spacial score (nSPS) is 15.7. The van der Waals surface area contributed by atoms with E-state index >= 15 is 0 Å². The van der Waals surface area contributed by atoms with Gasteiger partial charge in [0.05, 0.1) is 36.8 Å². The molecule has 1 saturated heterocycles. The lowest BCUT2D eigenvalue weighted by Crippen LogP contribution is -2.39. The van der Waals surface area contributed by atoms with Gasteiger partial charge in [-0.15, -0.1) is 0 Å². The molecular formula is C24H24FN9O2. The Balaban J connectivity index is 1.37. The lowest BCUT2D eigenvalue weighted by atomic mass is 10.1. The number of morpholine rings is 1. The Morgan fingerprint density at radius 2 is 1.81 bits per heavy atom. The van der Waals surface area contributed by atoms with Gasteiger partial charge >= 0.3 is 6.03 Å². The summed E-state index contributed by atoms with van der Waals surface area (Å²) in [5, 5.41) is 2.84. The number of fused-ring (bicyclic) bond motifs is 3. The second-order valence-electron chi connectivity index (χ2n) is 8.69. The Kier molecular flexibility index (Phi) is 5.56. The highest BCUT2D eigenvalue weighted by atomic mass is 19.1. The zero-order valence-electron chi connectivity index (χ0n) is 19.4. The molecule has 2 aliphatic rings. The van der Waals surface area contributed by atoms with Gasteiger partial charge in [0.1, 0.15) is 5.82 Å². The number of nitrogen functional groups attached to an aromatic ring is 1. The van der Waals surface area contributed by atoms with Crippen molar-refractivity contribution in [1.82, 2.24) is 29.2 Å². The number of nitrogens with one attached hydrogen (secondary N) is 1. The number of urea groups is 1. The predicted octanol–water partition coefficient (Wildman–Crippen LogP) is 2.33. The molecule has 0 atom stereocenters. The van der Waals surface area contributed by atoms with E-state index in [0.717, 1.165) is 28.4 Å². The summed E-state index contributed by atoms with van der Waals surface area (Å²) in [5.74, 6) is 0.591. The van der Waals surface area contributed by atoms with Crippen molar-refractivity contribution in [2.45, 2.75) is 13.0 Å². The highest BCUT2D eigenvalue weighted by Crippen LogP contribution is 2.30. The van der Waals surface area contributed by atoms with Gasteiger partial charge < -0.3 is 25.6 Å². The fourth-order valence-electron chi connectivity index (χ4n) is 4.50. The molecule has 12 heteroatoms. The minimum atomic E-state index is -0.353. The summed E-state index contributed by atoms with van der Waals surface area (Å²) in [7, 11) is 0. The Labute approximate surface area is 205 Å². The lowest BCUT2D eigenvalue weighted by molar-refractivity contribution is 0.122. The van der Waals surface area contributed by atoms with Gasteiger partial charge in [-0.25, -0.2) is 29.1 Å². The van der Waals surface area contributed by atoms with Gasteiger partial charge in [0.15, 0.2) is 11.5 Å². The van der Waals surface area contributed by atoms with E-state index in [2.05, 4.69) is 20.2 Å². The molecule has 2 amide bonds. The van der Waals surface area contributed by atoms with E-state index in [1.54, 1.807) is 17.3 Å². The number of hydrogen-bond acceptors (Lipinski definition) is 8. The van der Waals surface area contributed by atoms with Gasteiger partial charge in [-0.2, -0.15) is 0 Å². The van der Waals surface area contributed by atoms with Crippen LogP contribution in [-0.2, 0) is 17.7 Å². The summed E-state index contributed by atoms with van der Waals surface area (Å²) < 4.78 is 20.8. The van der Waals surface area contributed by atoms with Crippen LogP contribution in [0.3, 0.4) is 0 Å². The van der Waals surface area contributed by atoms with Crippen molar-refractivity contribution in [3.05, 3.63) is 60.1 Å². The van der Waals surface area contributed by atoms with Crippen molar-refractivity contribution in [1.29, 1.82) is 0 Å². The van der Waals surface area contributed by atoms with Crippen LogP contribution in [-0.4, -0.2) is 68.1 Å². The second-order valence-corrected chi connectivity index (χ2v) is 8.69. The van der Waals surface area contributed by atoms with Crippen LogP contribution in [0.2, 0.25) is 0 Å². The molecule has 0 bridgehead atoms. The minimum absolute atomic E-state index is 0.191. The Hall–Kier alpha value is -4.32. The van der Waals surface area contributed by atoms with Crippen LogP contribution >= 0.6 is 0 Å². The first-order chi connectivity index (χ1) is 17.5. The highest BCUT2D eigenvalue weighted by molar-refractivity contribution is 5.89. The van der Waals surface area contributed by atoms with Gasteiger partial charge in [0.25, 0.3) is 0 Å². The van der Waals surface area contributed by atoms with Gasteiger partial charge in [0, 0.05) is 55.9 Å². The lowest BCUT2D eigenvalue weighted by Gasteiger charge is -2.28.